The fourth-order valence-corrected chi connectivity index (χ4v) is 3.05. The van der Waals surface area contributed by atoms with Crippen molar-refractivity contribution in [2.45, 2.75) is 0 Å². The van der Waals surface area contributed by atoms with Crippen LogP contribution in [0, 0.1) is 0 Å². The number of anilines is 1. The lowest BCUT2D eigenvalue weighted by Crippen LogP contribution is -2.04. The third-order valence-electron chi connectivity index (χ3n) is 2.73. The average molecular weight is 243 g/mol. The molecule has 0 bridgehead atoms. The van der Waals surface area contributed by atoms with E-state index in [-0.39, 0.29) is 5.43 Å². The maximum Gasteiger partial charge on any atom is 0.198 e. The fourth-order valence-electron chi connectivity index (χ4n) is 1.94. The summed E-state index contributed by atoms with van der Waals surface area (Å²) in [6.45, 7) is 0. The SMILES string of the molecule is O=c1c2ccccc2sc2cccc(NO)c12. The van der Waals surface area contributed by atoms with E-state index in [1.54, 1.807) is 17.4 Å². The second-order valence-electron chi connectivity index (χ2n) is 3.72. The summed E-state index contributed by atoms with van der Waals surface area (Å²) >= 11 is 1.54. The molecular formula is C13H9NO2S. The molecule has 0 aliphatic rings. The number of hydrogen-bond acceptors (Lipinski definition) is 4. The van der Waals surface area contributed by atoms with Gasteiger partial charge in [0.2, 0.25) is 0 Å². The van der Waals surface area contributed by atoms with Crippen molar-refractivity contribution in [1.29, 1.82) is 0 Å². The van der Waals surface area contributed by atoms with Gasteiger partial charge in [0.25, 0.3) is 0 Å². The minimum Gasteiger partial charge on any atom is -0.291 e. The van der Waals surface area contributed by atoms with Gasteiger partial charge in [-0.05, 0) is 24.3 Å². The number of rotatable bonds is 1. The first-order chi connectivity index (χ1) is 8.31. The molecule has 0 aliphatic carbocycles. The van der Waals surface area contributed by atoms with E-state index >= 15 is 0 Å². The molecule has 1 heterocycles. The Morgan fingerprint density at radius 1 is 1.00 bits per heavy atom. The molecule has 2 N–H and O–H groups in total. The summed E-state index contributed by atoms with van der Waals surface area (Å²) in [5.41, 5.74) is 2.49. The molecule has 0 radical (unpaired) electrons. The standard InChI is InChI=1S/C13H9NO2S/c15-13-8-4-1-2-6-10(8)17-11-7-3-5-9(14-16)12(11)13/h1-7,14,16H. The Bertz CT molecular complexity index is 764. The minimum atomic E-state index is -0.0495. The number of hydrogen-bond donors (Lipinski definition) is 2. The van der Waals surface area contributed by atoms with Gasteiger partial charge in [-0.25, -0.2) is 0 Å². The van der Waals surface area contributed by atoms with Crippen molar-refractivity contribution >= 4 is 37.2 Å². The summed E-state index contributed by atoms with van der Waals surface area (Å²) in [7, 11) is 0. The van der Waals surface area contributed by atoms with Gasteiger partial charge in [0.15, 0.2) is 5.43 Å². The van der Waals surface area contributed by atoms with Gasteiger partial charge in [-0.2, -0.15) is 0 Å². The van der Waals surface area contributed by atoms with Gasteiger partial charge < -0.3 is 0 Å². The van der Waals surface area contributed by atoms with Gasteiger partial charge in [0.1, 0.15) is 0 Å². The lowest BCUT2D eigenvalue weighted by atomic mass is 10.1. The molecule has 17 heavy (non-hydrogen) atoms. The fraction of sp³-hybridized carbons (Fsp3) is 0. The van der Waals surface area contributed by atoms with Crippen LogP contribution >= 0.6 is 11.3 Å². The molecule has 0 amide bonds. The van der Waals surface area contributed by atoms with Crippen molar-refractivity contribution in [3.05, 3.63) is 52.7 Å². The van der Waals surface area contributed by atoms with E-state index in [4.69, 9.17) is 5.21 Å². The lowest BCUT2D eigenvalue weighted by Gasteiger charge is -2.05. The summed E-state index contributed by atoms with van der Waals surface area (Å²) in [6, 6.07) is 12.9. The van der Waals surface area contributed by atoms with E-state index in [2.05, 4.69) is 5.48 Å². The maximum atomic E-state index is 12.3. The van der Waals surface area contributed by atoms with Crippen LogP contribution in [0.3, 0.4) is 0 Å². The van der Waals surface area contributed by atoms with Crippen molar-refractivity contribution in [1.82, 2.24) is 0 Å². The van der Waals surface area contributed by atoms with Gasteiger partial charge in [0, 0.05) is 14.8 Å². The van der Waals surface area contributed by atoms with Crippen LogP contribution < -0.4 is 10.9 Å². The van der Waals surface area contributed by atoms with Gasteiger partial charge >= 0.3 is 0 Å². The van der Waals surface area contributed by atoms with Crippen molar-refractivity contribution in [3.8, 4) is 0 Å². The third-order valence-corrected chi connectivity index (χ3v) is 3.86. The van der Waals surface area contributed by atoms with E-state index in [1.807, 2.05) is 36.4 Å². The molecular weight excluding hydrogens is 234 g/mol. The van der Waals surface area contributed by atoms with Gasteiger partial charge in [-0.1, -0.05) is 18.2 Å². The molecule has 84 valence electrons. The van der Waals surface area contributed by atoms with E-state index in [0.717, 1.165) is 9.40 Å². The smallest absolute Gasteiger partial charge is 0.198 e. The summed E-state index contributed by atoms with van der Waals surface area (Å²) in [5.74, 6) is 0. The van der Waals surface area contributed by atoms with Crippen molar-refractivity contribution in [3.63, 3.8) is 0 Å². The van der Waals surface area contributed by atoms with Crippen LogP contribution in [-0.2, 0) is 0 Å². The summed E-state index contributed by atoms with van der Waals surface area (Å²) in [4.78, 5) is 12.3. The topological polar surface area (TPSA) is 49.3 Å². The number of nitrogens with one attached hydrogen (secondary N) is 1. The predicted molar refractivity (Wildman–Crippen MR) is 71.0 cm³/mol. The molecule has 3 rings (SSSR count). The summed E-state index contributed by atoms with van der Waals surface area (Å²) in [5, 5.41) is 10.3. The monoisotopic (exact) mass is 243 g/mol. The Kier molecular flexibility index (Phi) is 2.31. The Morgan fingerprint density at radius 3 is 2.59 bits per heavy atom. The predicted octanol–water partition coefficient (Wildman–Crippen LogP) is 3.22. The molecule has 0 fully saturated rings. The molecule has 0 aliphatic heterocycles. The highest BCUT2D eigenvalue weighted by Crippen LogP contribution is 2.28. The highest BCUT2D eigenvalue weighted by Gasteiger charge is 2.08. The van der Waals surface area contributed by atoms with Crippen LogP contribution in [-0.4, -0.2) is 5.21 Å². The Balaban J connectivity index is 2.60. The molecule has 0 saturated heterocycles. The zero-order valence-electron chi connectivity index (χ0n) is 8.81. The molecule has 0 saturated carbocycles. The molecule has 4 heteroatoms. The maximum absolute atomic E-state index is 12.3. The third kappa shape index (κ3) is 1.50. The van der Waals surface area contributed by atoms with Gasteiger partial charge in [-0.3, -0.25) is 15.5 Å². The van der Waals surface area contributed by atoms with Crippen molar-refractivity contribution in [2.24, 2.45) is 0 Å². The second-order valence-corrected chi connectivity index (χ2v) is 4.80. The molecule has 2 aromatic carbocycles. The zero-order valence-corrected chi connectivity index (χ0v) is 9.62. The first-order valence-electron chi connectivity index (χ1n) is 5.16. The Labute approximate surface area is 101 Å². The van der Waals surface area contributed by atoms with Crippen molar-refractivity contribution < 1.29 is 5.21 Å². The molecule has 1 aromatic heterocycles. The Hall–Kier alpha value is -1.91. The van der Waals surface area contributed by atoms with Crippen molar-refractivity contribution in [2.75, 3.05) is 5.48 Å². The number of fused-ring (bicyclic) bond motifs is 2. The lowest BCUT2D eigenvalue weighted by molar-refractivity contribution is 0.390. The van der Waals surface area contributed by atoms with E-state index in [0.29, 0.717) is 16.5 Å². The summed E-state index contributed by atoms with van der Waals surface area (Å²) < 4.78 is 1.83. The number of benzene rings is 2. The molecule has 0 atom stereocenters. The van der Waals surface area contributed by atoms with Crippen LogP contribution in [0.15, 0.2) is 47.3 Å². The molecule has 3 aromatic rings. The molecule has 3 nitrogen and oxygen atoms in total. The first kappa shape index (κ1) is 10.3. The van der Waals surface area contributed by atoms with E-state index < -0.39 is 0 Å². The average Bonchev–Trinajstić information content (AvgIpc) is 2.38. The van der Waals surface area contributed by atoms with E-state index in [9.17, 15) is 4.79 Å². The van der Waals surface area contributed by atoms with Crippen LogP contribution in [0.4, 0.5) is 5.69 Å². The first-order valence-corrected chi connectivity index (χ1v) is 5.97. The van der Waals surface area contributed by atoms with Crippen LogP contribution in [0.5, 0.6) is 0 Å². The zero-order chi connectivity index (χ0) is 11.8. The van der Waals surface area contributed by atoms with Crippen LogP contribution in [0.25, 0.3) is 20.2 Å². The Morgan fingerprint density at radius 2 is 1.76 bits per heavy atom. The second kappa shape index (κ2) is 3.84. The largest absolute Gasteiger partial charge is 0.291 e. The van der Waals surface area contributed by atoms with Gasteiger partial charge in [-0.15, -0.1) is 11.3 Å². The van der Waals surface area contributed by atoms with E-state index in [1.165, 1.54) is 0 Å². The summed E-state index contributed by atoms with van der Waals surface area (Å²) in [6.07, 6.45) is 0. The highest BCUT2D eigenvalue weighted by molar-refractivity contribution is 7.24. The molecule has 0 unspecified atom stereocenters. The van der Waals surface area contributed by atoms with Crippen LogP contribution in [0.2, 0.25) is 0 Å². The van der Waals surface area contributed by atoms with Crippen LogP contribution in [0.1, 0.15) is 0 Å². The molecule has 0 spiro atoms. The quantitative estimate of drug-likeness (QED) is 0.509. The highest BCUT2D eigenvalue weighted by atomic mass is 32.1. The van der Waals surface area contributed by atoms with Gasteiger partial charge in [0.05, 0.1) is 11.1 Å². The normalized spacial score (nSPS) is 10.9. The minimum absolute atomic E-state index is 0.0495.